The highest BCUT2D eigenvalue weighted by atomic mass is 16.5. The van der Waals surface area contributed by atoms with Gasteiger partial charge in [0.2, 0.25) is 0 Å². The number of hydrogen-bond acceptors (Lipinski definition) is 3. The lowest BCUT2D eigenvalue weighted by Crippen LogP contribution is -2.37. The van der Waals surface area contributed by atoms with Gasteiger partial charge in [0.15, 0.2) is 6.10 Å². The van der Waals surface area contributed by atoms with E-state index in [-0.39, 0.29) is 5.41 Å². The van der Waals surface area contributed by atoms with Gasteiger partial charge in [-0.1, -0.05) is 0 Å². The van der Waals surface area contributed by atoms with Crippen molar-refractivity contribution in [2.45, 2.75) is 31.3 Å². The van der Waals surface area contributed by atoms with Crippen molar-refractivity contribution in [1.82, 2.24) is 9.78 Å². The largest absolute Gasteiger partial charge is 0.479 e. The van der Waals surface area contributed by atoms with Gasteiger partial charge in [-0.25, -0.2) is 4.79 Å². The zero-order valence-electron chi connectivity index (χ0n) is 9.73. The zero-order chi connectivity index (χ0) is 11.9. The summed E-state index contributed by atoms with van der Waals surface area (Å²) in [4.78, 5) is 11.2. The molecule has 0 aliphatic heterocycles. The van der Waals surface area contributed by atoms with Crippen LogP contribution >= 0.6 is 0 Å². The molecular formula is C11H16N2O3. The highest BCUT2D eigenvalue weighted by Crippen LogP contribution is 2.52. The second kappa shape index (κ2) is 3.59. The van der Waals surface area contributed by atoms with Gasteiger partial charge in [0.1, 0.15) is 0 Å². The Labute approximate surface area is 94.0 Å². The molecule has 1 fully saturated rings. The maximum Gasteiger partial charge on any atom is 0.333 e. The molecule has 0 bridgehead atoms. The van der Waals surface area contributed by atoms with Crippen LogP contribution in [0, 0.1) is 6.92 Å². The van der Waals surface area contributed by atoms with E-state index in [1.807, 2.05) is 20.0 Å². The summed E-state index contributed by atoms with van der Waals surface area (Å²) < 4.78 is 6.88. The molecule has 0 saturated heterocycles. The highest BCUT2D eigenvalue weighted by molar-refractivity contribution is 5.75. The number of aliphatic carboxylic acids is 1. The monoisotopic (exact) mass is 224 g/mol. The van der Waals surface area contributed by atoms with Crippen molar-refractivity contribution >= 4 is 5.97 Å². The molecule has 16 heavy (non-hydrogen) atoms. The van der Waals surface area contributed by atoms with E-state index in [9.17, 15) is 4.79 Å². The molecule has 1 aromatic heterocycles. The summed E-state index contributed by atoms with van der Waals surface area (Å²) in [6.07, 6.45) is 0.912. The van der Waals surface area contributed by atoms with Crippen molar-refractivity contribution in [3.05, 3.63) is 17.5 Å². The van der Waals surface area contributed by atoms with Crippen molar-refractivity contribution in [2.24, 2.45) is 7.05 Å². The number of rotatable bonds is 4. The van der Waals surface area contributed by atoms with Crippen LogP contribution in [0.4, 0.5) is 0 Å². The Hall–Kier alpha value is -1.36. The van der Waals surface area contributed by atoms with Gasteiger partial charge < -0.3 is 9.84 Å². The van der Waals surface area contributed by atoms with E-state index in [0.717, 1.165) is 24.2 Å². The summed E-state index contributed by atoms with van der Waals surface area (Å²) in [6.45, 7) is 1.90. The van der Waals surface area contributed by atoms with E-state index in [1.165, 1.54) is 7.11 Å². The summed E-state index contributed by atoms with van der Waals surface area (Å²) >= 11 is 0. The number of aromatic nitrogens is 2. The molecule has 1 aromatic rings. The Morgan fingerprint density at radius 3 is 2.62 bits per heavy atom. The van der Waals surface area contributed by atoms with Crippen LogP contribution < -0.4 is 0 Å². The van der Waals surface area contributed by atoms with Crippen molar-refractivity contribution in [2.75, 3.05) is 7.11 Å². The number of hydrogen-bond donors (Lipinski definition) is 1. The molecule has 1 heterocycles. The topological polar surface area (TPSA) is 64.3 Å². The number of nitrogens with zero attached hydrogens (tertiary/aromatic N) is 2. The van der Waals surface area contributed by atoms with Gasteiger partial charge in [0.05, 0.1) is 5.69 Å². The summed E-state index contributed by atoms with van der Waals surface area (Å²) in [5, 5.41) is 13.4. The minimum absolute atomic E-state index is 0.378. The molecule has 1 aliphatic carbocycles. The molecule has 88 valence electrons. The van der Waals surface area contributed by atoms with Crippen LogP contribution in [0.3, 0.4) is 0 Å². The third kappa shape index (κ3) is 1.51. The first-order valence-electron chi connectivity index (χ1n) is 5.28. The molecule has 0 spiro atoms. The van der Waals surface area contributed by atoms with E-state index in [0.29, 0.717) is 0 Å². The predicted octanol–water partition coefficient (Wildman–Crippen LogP) is 0.860. The maximum atomic E-state index is 11.2. The van der Waals surface area contributed by atoms with Crippen LogP contribution in [-0.2, 0) is 22.0 Å². The first-order valence-corrected chi connectivity index (χ1v) is 5.28. The fourth-order valence-corrected chi connectivity index (χ4v) is 2.43. The third-order valence-corrected chi connectivity index (χ3v) is 3.26. The molecule has 0 aromatic carbocycles. The number of carboxylic acid groups (broad SMARTS) is 1. The van der Waals surface area contributed by atoms with Gasteiger partial charge in [0.25, 0.3) is 0 Å². The number of aryl methyl sites for hydroxylation is 2. The molecule has 1 saturated carbocycles. The molecule has 1 N–H and O–H groups in total. The molecule has 1 aliphatic rings. The summed E-state index contributed by atoms with van der Waals surface area (Å²) in [5.41, 5.74) is 1.49. The van der Waals surface area contributed by atoms with E-state index < -0.39 is 12.1 Å². The fraction of sp³-hybridized carbons (Fsp3) is 0.636. The van der Waals surface area contributed by atoms with Gasteiger partial charge >= 0.3 is 5.97 Å². The van der Waals surface area contributed by atoms with Crippen molar-refractivity contribution in [1.29, 1.82) is 0 Å². The lowest BCUT2D eigenvalue weighted by atomic mass is 9.94. The Balaban J connectivity index is 2.39. The van der Waals surface area contributed by atoms with Gasteiger partial charge in [-0.3, -0.25) is 4.68 Å². The fourth-order valence-electron chi connectivity index (χ4n) is 2.43. The van der Waals surface area contributed by atoms with Gasteiger partial charge in [-0.2, -0.15) is 5.10 Å². The molecular weight excluding hydrogens is 208 g/mol. The third-order valence-electron chi connectivity index (χ3n) is 3.26. The molecule has 1 atom stereocenters. The van der Waals surface area contributed by atoms with Crippen LogP contribution in [0.1, 0.15) is 24.2 Å². The smallest absolute Gasteiger partial charge is 0.333 e. The second-order valence-electron chi connectivity index (χ2n) is 4.40. The summed E-state index contributed by atoms with van der Waals surface area (Å²) in [6, 6.07) is 1.95. The van der Waals surface area contributed by atoms with Crippen molar-refractivity contribution < 1.29 is 14.6 Å². The van der Waals surface area contributed by atoms with Gasteiger partial charge in [-0.15, -0.1) is 0 Å². The molecule has 0 radical (unpaired) electrons. The van der Waals surface area contributed by atoms with Crippen LogP contribution in [0.25, 0.3) is 0 Å². The highest BCUT2D eigenvalue weighted by Gasteiger charge is 2.56. The normalized spacial score (nSPS) is 19.4. The van der Waals surface area contributed by atoms with Crippen molar-refractivity contribution in [3.63, 3.8) is 0 Å². The number of ether oxygens (including phenoxy) is 1. The predicted molar refractivity (Wildman–Crippen MR) is 57.3 cm³/mol. The molecule has 1 unspecified atom stereocenters. The lowest BCUT2D eigenvalue weighted by molar-refractivity contribution is -0.150. The van der Waals surface area contributed by atoms with Gasteiger partial charge in [-0.05, 0) is 25.8 Å². The summed E-state index contributed by atoms with van der Waals surface area (Å²) in [5.74, 6) is -0.904. The first kappa shape index (κ1) is 11.1. The quantitative estimate of drug-likeness (QED) is 0.823. The average Bonchev–Trinajstić information content (AvgIpc) is 2.89. The molecule has 5 nitrogen and oxygen atoms in total. The second-order valence-corrected chi connectivity index (χ2v) is 4.40. The van der Waals surface area contributed by atoms with E-state index in [4.69, 9.17) is 9.84 Å². The molecule has 5 heteroatoms. The Bertz CT molecular complexity index is 421. The SMILES string of the molecule is COC(C(=O)O)C1(c2cc(C)nn2C)CC1. The van der Waals surface area contributed by atoms with Crippen molar-refractivity contribution in [3.8, 4) is 0 Å². The van der Waals surface area contributed by atoms with E-state index in [1.54, 1.807) is 4.68 Å². The van der Waals surface area contributed by atoms with Crippen LogP contribution in [0.15, 0.2) is 6.07 Å². The Morgan fingerprint density at radius 2 is 2.31 bits per heavy atom. The minimum atomic E-state index is -0.904. The number of carbonyl (C=O) groups is 1. The lowest BCUT2D eigenvalue weighted by Gasteiger charge is -2.22. The Kier molecular flexibility index (Phi) is 2.50. The number of methoxy groups -OCH3 is 1. The maximum absolute atomic E-state index is 11.2. The molecule has 2 rings (SSSR count). The minimum Gasteiger partial charge on any atom is -0.479 e. The van der Waals surface area contributed by atoms with Gasteiger partial charge in [0, 0.05) is 25.3 Å². The van der Waals surface area contributed by atoms with Crippen LogP contribution in [-0.4, -0.2) is 34.1 Å². The van der Waals surface area contributed by atoms with E-state index >= 15 is 0 Å². The number of carboxylic acids is 1. The van der Waals surface area contributed by atoms with Crippen LogP contribution in [0.2, 0.25) is 0 Å². The zero-order valence-corrected chi connectivity index (χ0v) is 9.73. The van der Waals surface area contributed by atoms with Crippen LogP contribution in [0.5, 0.6) is 0 Å². The Morgan fingerprint density at radius 1 is 1.69 bits per heavy atom. The average molecular weight is 224 g/mol. The summed E-state index contributed by atoms with van der Waals surface area (Å²) in [7, 11) is 3.29. The standard InChI is InChI=1S/C11H16N2O3/c1-7-6-8(13(2)12-7)11(4-5-11)9(16-3)10(14)15/h6,9H,4-5H2,1-3H3,(H,14,15). The first-order chi connectivity index (χ1) is 7.51. The molecule has 0 amide bonds. The van der Waals surface area contributed by atoms with E-state index in [2.05, 4.69) is 5.10 Å².